The lowest BCUT2D eigenvalue weighted by molar-refractivity contribution is -0.385. The maximum absolute atomic E-state index is 14.6. The number of aryl methyl sites for hydroxylation is 1. The lowest BCUT2D eigenvalue weighted by Gasteiger charge is -2.34. The van der Waals surface area contributed by atoms with Gasteiger partial charge in [-0.15, -0.1) is 0 Å². The maximum Gasteiger partial charge on any atom is 0.273 e. The van der Waals surface area contributed by atoms with Crippen molar-refractivity contribution in [3.8, 4) is 5.75 Å². The third-order valence-corrected chi connectivity index (χ3v) is 10.0. The SMILES string of the molecule is CCCCNC(=O)[C@H](Cc1ccccc1)N(Cc1ccc(F)cc1)C(=O)CN(c1cc(Cl)ccc1OC)S(=O)(=O)c1ccc(C)c([N+](=O)[O-])c1. The monoisotopic (exact) mass is 724 g/mol. The summed E-state index contributed by atoms with van der Waals surface area (Å²) in [5.41, 5.74) is 0.932. The minimum atomic E-state index is -4.71. The second-order valence-electron chi connectivity index (χ2n) is 11.5. The summed E-state index contributed by atoms with van der Waals surface area (Å²) in [6.45, 7) is 2.77. The molecule has 0 saturated carbocycles. The fourth-order valence-electron chi connectivity index (χ4n) is 5.29. The molecule has 4 aromatic carbocycles. The molecule has 1 atom stereocenters. The highest BCUT2D eigenvalue weighted by Gasteiger charge is 2.36. The van der Waals surface area contributed by atoms with Gasteiger partial charge in [-0.2, -0.15) is 0 Å². The van der Waals surface area contributed by atoms with Crippen molar-refractivity contribution in [3.05, 3.63) is 129 Å². The van der Waals surface area contributed by atoms with Crippen molar-refractivity contribution < 1.29 is 32.1 Å². The molecule has 0 aliphatic rings. The van der Waals surface area contributed by atoms with E-state index in [9.17, 15) is 32.5 Å². The molecule has 4 rings (SSSR count). The predicted molar refractivity (Wildman–Crippen MR) is 189 cm³/mol. The Bertz CT molecular complexity index is 1930. The average molecular weight is 725 g/mol. The van der Waals surface area contributed by atoms with Crippen LogP contribution in [-0.2, 0) is 32.6 Å². The number of carbonyl (C=O) groups is 2. The minimum Gasteiger partial charge on any atom is -0.495 e. The zero-order valence-electron chi connectivity index (χ0n) is 27.8. The van der Waals surface area contributed by atoms with Crippen molar-refractivity contribution in [1.29, 1.82) is 0 Å². The number of sulfonamides is 1. The lowest BCUT2D eigenvalue weighted by Crippen LogP contribution is -2.53. The largest absolute Gasteiger partial charge is 0.495 e. The number of amides is 2. The highest BCUT2D eigenvalue weighted by atomic mass is 35.5. The van der Waals surface area contributed by atoms with Gasteiger partial charge in [0, 0.05) is 36.2 Å². The molecule has 0 radical (unpaired) electrons. The van der Waals surface area contributed by atoms with Gasteiger partial charge in [-0.25, -0.2) is 12.8 Å². The molecule has 4 aromatic rings. The van der Waals surface area contributed by atoms with E-state index in [2.05, 4.69) is 5.32 Å². The Labute approximate surface area is 295 Å². The average Bonchev–Trinajstić information content (AvgIpc) is 3.09. The molecule has 14 heteroatoms. The van der Waals surface area contributed by atoms with E-state index in [1.165, 1.54) is 73.5 Å². The van der Waals surface area contributed by atoms with Gasteiger partial charge in [0.25, 0.3) is 15.7 Å². The minimum absolute atomic E-state index is 0.0515. The third-order valence-electron chi connectivity index (χ3n) is 8.02. The van der Waals surface area contributed by atoms with E-state index in [-0.39, 0.29) is 35.0 Å². The summed E-state index contributed by atoms with van der Waals surface area (Å²) in [5, 5.41) is 14.8. The number of rotatable bonds is 16. The van der Waals surface area contributed by atoms with Gasteiger partial charge in [-0.05, 0) is 60.9 Å². The number of ether oxygens (including phenoxy) is 1. The summed E-state index contributed by atoms with van der Waals surface area (Å²) in [6, 6.07) is 21.0. The Balaban J connectivity index is 1.87. The number of halogens is 2. The second kappa shape index (κ2) is 17.1. The van der Waals surface area contributed by atoms with Crippen LogP contribution in [0, 0.1) is 22.9 Å². The highest BCUT2D eigenvalue weighted by Crippen LogP contribution is 2.36. The summed E-state index contributed by atoms with van der Waals surface area (Å²) in [7, 11) is -3.40. The Kier molecular flexibility index (Phi) is 12.9. The van der Waals surface area contributed by atoms with E-state index >= 15 is 0 Å². The molecule has 0 fully saturated rings. The number of nitrogens with zero attached hydrogens (tertiary/aromatic N) is 3. The topological polar surface area (TPSA) is 139 Å². The number of nitrogens with one attached hydrogen (secondary N) is 1. The molecule has 0 saturated heterocycles. The van der Waals surface area contributed by atoms with Crippen LogP contribution in [0.2, 0.25) is 5.02 Å². The van der Waals surface area contributed by atoms with Crippen molar-refractivity contribution in [2.24, 2.45) is 0 Å². The first-order valence-corrected chi connectivity index (χ1v) is 17.6. The molecule has 1 N–H and O–H groups in total. The molecule has 0 heterocycles. The fraction of sp³-hybridized carbons (Fsp3) is 0.278. The lowest BCUT2D eigenvalue weighted by atomic mass is 10.0. The Morgan fingerprint density at radius 3 is 2.34 bits per heavy atom. The summed E-state index contributed by atoms with van der Waals surface area (Å²) < 4.78 is 49.0. The Morgan fingerprint density at radius 2 is 1.70 bits per heavy atom. The quantitative estimate of drug-likeness (QED) is 0.0796. The van der Waals surface area contributed by atoms with Gasteiger partial charge in [0.2, 0.25) is 11.8 Å². The van der Waals surface area contributed by atoms with Gasteiger partial charge in [-0.1, -0.05) is 73.5 Å². The first kappa shape index (κ1) is 37.8. The van der Waals surface area contributed by atoms with Gasteiger partial charge >= 0.3 is 0 Å². The van der Waals surface area contributed by atoms with Crippen LogP contribution in [0.3, 0.4) is 0 Å². The van der Waals surface area contributed by atoms with E-state index in [4.69, 9.17) is 16.3 Å². The molecule has 0 unspecified atom stereocenters. The van der Waals surface area contributed by atoms with E-state index in [0.717, 1.165) is 22.4 Å². The van der Waals surface area contributed by atoms with E-state index in [1.807, 2.05) is 25.1 Å². The van der Waals surface area contributed by atoms with Crippen molar-refractivity contribution in [3.63, 3.8) is 0 Å². The molecular weight excluding hydrogens is 687 g/mol. The molecule has 0 aliphatic heterocycles. The third kappa shape index (κ3) is 9.36. The van der Waals surface area contributed by atoms with Gasteiger partial charge in [0.05, 0.1) is 22.6 Å². The molecule has 0 aromatic heterocycles. The molecule has 0 spiro atoms. The predicted octanol–water partition coefficient (Wildman–Crippen LogP) is 6.46. The Morgan fingerprint density at radius 1 is 1.00 bits per heavy atom. The first-order chi connectivity index (χ1) is 23.8. The van der Waals surface area contributed by atoms with Gasteiger partial charge < -0.3 is 15.0 Å². The zero-order valence-corrected chi connectivity index (χ0v) is 29.4. The number of benzene rings is 4. The van der Waals surface area contributed by atoms with Crippen molar-refractivity contribution >= 4 is 44.8 Å². The van der Waals surface area contributed by atoms with E-state index < -0.39 is 55.7 Å². The van der Waals surface area contributed by atoms with Crippen molar-refractivity contribution in [2.45, 2.75) is 50.6 Å². The van der Waals surface area contributed by atoms with Crippen LogP contribution >= 0.6 is 11.6 Å². The Hall–Kier alpha value is -5.01. The van der Waals surface area contributed by atoms with Crippen LogP contribution in [0.4, 0.5) is 15.8 Å². The number of hydrogen-bond acceptors (Lipinski definition) is 7. The number of hydrogen-bond donors (Lipinski definition) is 1. The molecule has 11 nitrogen and oxygen atoms in total. The number of methoxy groups -OCH3 is 1. The highest BCUT2D eigenvalue weighted by molar-refractivity contribution is 7.92. The van der Waals surface area contributed by atoms with Crippen molar-refractivity contribution in [1.82, 2.24) is 10.2 Å². The van der Waals surface area contributed by atoms with Crippen LogP contribution in [0.15, 0.2) is 95.9 Å². The van der Waals surface area contributed by atoms with E-state index in [1.54, 1.807) is 12.1 Å². The van der Waals surface area contributed by atoms with Crippen LogP contribution in [0.5, 0.6) is 5.75 Å². The zero-order chi connectivity index (χ0) is 36.4. The summed E-state index contributed by atoms with van der Waals surface area (Å²) in [5.74, 6) is -1.69. The molecule has 0 bridgehead atoms. The fourth-order valence-corrected chi connectivity index (χ4v) is 6.90. The molecule has 0 aliphatic carbocycles. The number of nitro benzene ring substituents is 1. The molecule has 264 valence electrons. The molecule has 50 heavy (non-hydrogen) atoms. The summed E-state index contributed by atoms with van der Waals surface area (Å²) >= 11 is 6.32. The van der Waals surface area contributed by atoms with E-state index in [0.29, 0.717) is 18.5 Å². The molecule has 2 amide bonds. The van der Waals surface area contributed by atoms with Crippen LogP contribution < -0.4 is 14.4 Å². The van der Waals surface area contributed by atoms with Crippen LogP contribution in [0.25, 0.3) is 0 Å². The number of unbranched alkanes of at least 4 members (excludes halogenated alkanes) is 1. The maximum atomic E-state index is 14.6. The van der Waals surface area contributed by atoms with Crippen LogP contribution in [-0.4, -0.2) is 56.3 Å². The normalized spacial score (nSPS) is 11.8. The van der Waals surface area contributed by atoms with Crippen LogP contribution in [0.1, 0.15) is 36.5 Å². The second-order valence-corrected chi connectivity index (χ2v) is 13.8. The number of anilines is 1. The summed E-state index contributed by atoms with van der Waals surface area (Å²) in [4.78, 5) is 40.4. The summed E-state index contributed by atoms with van der Waals surface area (Å²) in [6.07, 6.45) is 1.59. The number of nitro groups is 1. The standard InChI is InChI=1S/C36H38ClFN4O7S/c1-4-5-19-39-36(44)33(20-26-9-7-6-8-10-26)40(23-27-12-15-29(38)16-13-27)35(43)24-41(32-21-28(37)14-18-34(32)49-3)50(47,48)30-17-11-25(2)31(22-30)42(45)46/h6-18,21-22,33H,4-5,19-20,23-24H2,1-3H3,(H,39,44)/t33-/m0/s1. The smallest absolute Gasteiger partial charge is 0.273 e. The van der Waals surface area contributed by atoms with Gasteiger partial charge in [0.15, 0.2) is 0 Å². The molecular formula is C36H38ClFN4O7S. The van der Waals surface area contributed by atoms with Gasteiger partial charge in [-0.3, -0.25) is 24.0 Å². The van der Waals surface area contributed by atoms with Gasteiger partial charge in [0.1, 0.15) is 24.2 Å². The first-order valence-electron chi connectivity index (χ1n) is 15.8. The number of carbonyl (C=O) groups excluding carboxylic acids is 2. The van der Waals surface area contributed by atoms with Crippen molar-refractivity contribution in [2.75, 3.05) is 24.5 Å².